The van der Waals surface area contributed by atoms with Crippen LogP contribution < -0.4 is 5.32 Å². The molecule has 2 atom stereocenters. The van der Waals surface area contributed by atoms with Gasteiger partial charge in [-0.1, -0.05) is 38.1 Å². The molecule has 0 heterocycles. The molecular formula is C13H19N. The predicted octanol–water partition coefficient (Wildman–Crippen LogP) is 3.23. The van der Waals surface area contributed by atoms with E-state index < -0.39 is 0 Å². The molecule has 1 aromatic carbocycles. The Morgan fingerprint density at radius 1 is 1.21 bits per heavy atom. The zero-order chi connectivity index (χ0) is 9.97. The van der Waals surface area contributed by atoms with Gasteiger partial charge in [0.05, 0.1) is 0 Å². The molecule has 0 bridgehead atoms. The lowest BCUT2D eigenvalue weighted by molar-refractivity contribution is 0.501. The molecule has 2 rings (SSSR count). The van der Waals surface area contributed by atoms with E-state index in [1.807, 2.05) is 0 Å². The van der Waals surface area contributed by atoms with Crippen LogP contribution in [0, 0.1) is 0 Å². The molecule has 1 N–H and O–H groups in total. The second-order valence-corrected chi connectivity index (χ2v) is 4.08. The molecule has 0 radical (unpaired) electrons. The zero-order valence-corrected chi connectivity index (χ0v) is 9.09. The highest BCUT2D eigenvalue weighted by Gasteiger charge is 2.28. The SMILES string of the molecule is CCNC1CC(CC)c2ccccc21. The Labute approximate surface area is 86.5 Å². The second kappa shape index (κ2) is 4.14. The van der Waals surface area contributed by atoms with Gasteiger partial charge in [0.2, 0.25) is 0 Å². The van der Waals surface area contributed by atoms with E-state index in [2.05, 4.69) is 43.4 Å². The van der Waals surface area contributed by atoms with Crippen LogP contribution in [0.15, 0.2) is 24.3 Å². The van der Waals surface area contributed by atoms with Gasteiger partial charge in [-0.25, -0.2) is 0 Å². The highest BCUT2D eigenvalue weighted by Crippen LogP contribution is 2.41. The molecule has 1 aromatic rings. The lowest BCUT2D eigenvalue weighted by atomic mass is 9.99. The molecule has 2 unspecified atom stereocenters. The lowest BCUT2D eigenvalue weighted by Gasteiger charge is -2.11. The van der Waals surface area contributed by atoms with Crippen molar-refractivity contribution in [2.45, 2.75) is 38.6 Å². The van der Waals surface area contributed by atoms with Crippen molar-refractivity contribution < 1.29 is 0 Å². The van der Waals surface area contributed by atoms with Crippen molar-refractivity contribution in [3.63, 3.8) is 0 Å². The van der Waals surface area contributed by atoms with Crippen LogP contribution in [0.2, 0.25) is 0 Å². The standard InChI is InChI=1S/C13H19N/c1-3-10-9-13(14-4-2)12-8-6-5-7-11(10)12/h5-8,10,13-14H,3-4,9H2,1-2H3. The van der Waals surface area contributed by atoms with Crippen molar-refractivity contribution in [2.24, 2.45) is 0 Å². The Bertz CT molecular complexity index is 306. The van der Waals surface area contributed by atoms with Crippen LogP contribution in [0.5, 0.6) is 0 Å². The van der Waals surface area contributed by atoms with Crippen molar-refractivity contribution in [3.05, 3.63) is 35.4 Å². The summed E-state index contributed by atoms with van der Waals surface area (Å²) in [7, 11) is 0. The summed E-state index contributed by atoms with van der Waals surface area (Å²) in [5.74, 6) is 0.773. The molecule has 1 aliphatic carbocycles. The molecule has 14 heavy (non-hydrogen) atoms. The summed E-state index contributed by atoms with van der Waals surface area (Å²) in [4.78, 5) is 0. The van der Waals surface area contributed by atoms with E-state index in [-0.39, 0.29) is 0 Å². The quantitative estimate of drug-likeness (QED) is 0.769. The van der Waals surface area contributed by atoms with E-state index in [1.165, 1.54) is 18.4 Å². The Kier molecular flexibility index (Phi) is 2.87. The molecule has 0 saturated heterocycles. The van der Waals surface area contributed by atoms with Crippen LogP contribution in [-0.4, -0.2) is 6.54 Å². The first-order valence-corrected chi connectivity index (χ1v) is 5.69. The average molecular weight is 189 g/mol. The maximum atomic E-state index is 3.56. The van der Waals surface area contributed by atoms with Crippen LogP contribution in [0.25, 0.3) is 0 Å². The maximum Gasteiger partial charge on any atom is 0.0328 e. The van der Waals surface area contributed by atoms with E-state index in [0.717, 1.165) is 12.5 Å². The van der Waals surface area contributed by atoms with Crippen molar-refractivity contribution >= 4 is 0 Å². The monoisotopic (exact) mass is 189 g/mol. The molecular weight excluding hydrogens is 170 g/mol. The zero-order valence-electron chi connectivity index (χ0n) is 9.09. The predicted molar refractivity (Wildman–Crippen MR) is 60.5 cm³/mol. The van der Waals surface area contributed by atoms with E-state index in [1.54, 1.807) is 5.56 Å². The molecule has 1 nitrogen and oxygen atoms in total. The fourth-order valence-corrected chi connectivity index (χ4v) is 2.56. The van der Waals surface area contributed by atoms with Gasteiger partial charge in [-0.15, -0.1) is 0 Å². The van der Waals surface area contributed by atoms with Gasteiger partial charge in [-0.3, -0.25) is 0 Å². The highest BCUT2D eigenvalue weighted by atomic mass is 14.9. The molecule has 0 fully saturated rings. The van der Waals surface area contributed by atoms with Gasteiger partial charge >= 0.3 is 0 Å². The maximum absolute atomic E-state index is 3.56. The topological polar surface area (TPSA) is 12.0 Å². The molecule has 0 spiro atoms. The number of hydrogen-bond acceptors (Lipinski definition) is 1. The summed E-state index contributed by atoms with van der Waals surface area (Å²) in [5.41, 5.74) is 3.10. The Hall–Kier alpha value is -0.820. The minimum absolute atomic E-state index is 0.598. The Morgan fingerprint density at radius 3 is 2.57 bits per heavy atom. The third kappa shape index (κ3) is 1.57. The Morgan fingerprint density at radius 2 is 1.93 bits per heavy atom. The number of nitrogens with one attached hydrogen (secondary N) is 1. The van der Waals surface area contributed by atoms with Gasteiger partial charge in [-0.2, -0.15) is 0 Å². The van der Waals surface area contributed by atoms with Crippen LogP contribution in [0.4, 0.5) is 0 Å². The largest absolute Gasteiger partial charge is 0.310 e. The summed E-state index contributed by atoms with van der Waals surface area (Å²) < 4.78 is 0. The number of rotatable bonds is 3. The first kappa shape index (κ1) is 9.72. The van der Waals surface area contributed by atoms with Crippen molar-refractivity contribution in [2.75, 3.05) is 6.54 Å². The fraction of sp³-hybridized carbons (Fsp3) is 0.538. The van der Waals surface area contributed by atoms with E-state index in [4.69, 9.17) is 0 Å². The fourth-order valence-electron chi connectivity index (χ4n) is 2.56. The molecule has 0 aliphatic heterocycles. The number of benzene rings is 1. The van der Waals surface area contributed by atoms with Gasteiger partial charge < -0.3 is 5.32 Å². The minimum atomic E-state index is 0.598. The van der Waals surface area contributed by atoms with E-state index >= 15 is 0 Å². The average Bonchev–Trinajstić information content (AvgIpc) is 2.58. The van der Waals surface area contributed by atoms with E-state index in [9.17, 15) is 0 Å². The first-order valence-electron chi connectivity index (χ1n) is 5.69. The minimum Gasteiger partial charge on any atom is -0.310 e. The van der Waals surface area contributed by atoms with Crippen molar-refractivity contribution in [3.8, 4) is 0 Å². The van der Waals surface area contributed by atoms with Crippen LogP contribution in [0.1, 0.15) is 49.8 Å². The van der Waals surface area contributed by atoms with E-state index in [0.29, 0.717) is 6.04 Å². The van der Waals surface area contributed by atoms with Gasteiger partial charge in [0.1, 0.15) is 0 Å². The van der Waals surface area contributed by atoms with Gasteiger partial charge in [0.25, 0.3) is 0 Å². The second-order valence-electron chi connectivity index (χ2n) is 4.08. The van der Waals surface area contributed by atoms with Crippen molar-refractivity contribution in [1.29, 1.82) is 0 Å². The smallest absolute Gasteiger partial charge is 0.0328 e. The Balaban J connectivity index is 2.29. The van der Waals surface area contributed by atoms with Crippen LogP contribution in [0.3, 0.4) is 0 Å². The normalized spacial score (nSPS) is 25.0. The molecule has 1 aliphatic rings. The van der Waals surface area contributed by atoms with Gasteiger partial charge in [0, 0.05) is 6.04 Å². The van der Waals surface area contributed by atoms with Crippen molar-refractivity contribution in [1.82, 2.24) is 5.32 Å². The molecule has 0 saturated carbocycles. The molecule has 1 heteroatoms. The third-order valence-electron chi connectivity index (χ3n) is 3.27. The summed E-state index contributed by atoms with van der Waals surface area (Å²) >= 11 is 0. The summed E-state index contributed by atoms with van der Waals surface area (Å²) in [6, 6.07) is 9.48. The molecule has 0 amide bonds. The number of hydrogen-bond donors (Lipinski definition) is 1. The summed E-state index contributed by atoms with van der Waals surface area (Å²) in [6.45, 7) is 5.53. The van der Waals surface area contributed by atoms with Gasteiger partial charge in [-0.05, 0) is 36.4 Å². The summed E-state index contributed by atoms with van der Waals surface area (Å²) in [5, 5.41) is 3.56. The first-order chi connectivity index (χ1) is 6.86. The van der Waals surface area contributed by atoms with Crippen LogP contribution in [-0.2, 0) is 0 Å². The van der Waals surface area contributed by atoms with Gasteiger partial charge in [0.15, 0.2) is 0 Å². The number of fused-ring (bicyclic) bond motifs is 1. The molecule has 0 aromatic heterocycles. The third-order valence-corrected chi connectivity index (χ3v) is 3.27. The lowest BCUT2D eigenvalue weighted by Crippen LogP contribution is -2.18. The molecule has 76 valence electrons. The summed E-state index contributed by atoms with van der Waals surface area (Å²) in [6.07, 6.45) is 2.54. The van der Waals surface area contributed by atoms with Crippen LogP contribution >= 0.6 is 0 Å². The highest BCUT2D eigenvalue weighted by molar-refractivity contribution is 5.37.